The Morgan fingerprint density at radius 3 is 2.75 bits per heavy atom. The molecule has 0 aliphatic rings. The van der Waals surface area contributed by atoms with Crippen LogP contribution in [0.15, 0.2) is 4.34 Å². The maximum absolute atomic E-state index is 7.86. The molecule has 0 bridgehead atoms. The van der Waals surface area contributed by atoms with Crippen LogP contribution in [0, 0.1) is 0 Å². The van der Waals surface area contributed by atoms with E-state index in [1.165, 1.54) is 11.3 Å². The van der Waals surface area contributed by atoms with E-state index in [0.717, 1.165) is 17.1 Å². The third-order valence-electron chi connectivity index (χ3n) is 1.05. The Morgan fingerprint density at radius 2 is 2.25 bits per heavy atom. The van der Waals surface area contributed by atoms with Crippen LogP contribution in [0.2, 0.25) is 0 Å². The highest BCUT2D eigenvalue weighted by molar-refractivity contribution is 7.96. The van der Waals surface area contributed by atoms with Crippen LogP contribution in [0.1, 0.15) is 24.8 Å². The summed E-state index contributed by atoms with van der Waals surface area (Å²) >= 11 is 2.24. The summed E-state index contributed by atoms with van der Waals surface area (Å²) in [6.45, 7) is 4.05. The van der Waals surface area contributed by atoms with Crippen molar-refractivity contribution in [2.45, 2.75) is 24.1 Å². The molecule has 0 aliphatic heterocycles. The third kappa shape index (κ3) is 2.68. The molecule has 1 aromatic rings. The van der Waals surface area contributed by atoms with Crippen LogP contribution in [0.3, 0.4) is 0 Å². The van der Waals surface area contributed by atoms with Gasteiger partial charge >= 0.3 is 0 Å². The molecule has 0 unspecified atom stereocenters. The predicted molar refractivity (Wildman–Crippen MR) is 44.7 cm³/mol. The molecule has 0 atom stereocenters. The Bertz CT molecular complexity index is 240. The lowest BCUT2D eigenvalue weighted by Gasteiger charge is -1.93. The van der Waals surface area contributed by atoms with Crippen LogP contribution in [0.5, 0.6) is 0 Å². The number of nitrogens with zero attached hydrogens (tertiary/aromatic N) is 2. The summed E-state index contributed by atoms with van der Waals surface area (Å²) in [5, 5.41) is 19.9. The van der Waals surface area contributed by atoms with Gasteiger partial charge in [0.25, 0.3) is 0 Å². The van der Waals surface area contributed by atoms with Crippen molar-refractivity contribution in [3.63, 3.8) is 0 Å². The SMILES string of the molecule is CC(C)c1nnc(SOOO)s1. The van der Waals surface area contributed by atoms with Crippen LogP contribution in [-0.2, 0) is 9.37 Å². The maximum atomic E-state index is 7.86. The first-order valence-electron chi connectivity index (χ1n) is 3.22. The molecular weight excluding hydrogens is 200 g/mol. The zero-order chi connectivity index (χ0) is 8.97. The second-order valence-electron chi connectivity index (χ2n) is 2.29. The van der Waals surface area contributed by atoms with E-state index in [2.05, 4.69) is 19.6 Å². The first-order chi connectivity index (χ1) is 5.74. The smallest absolute Gasteiger partial charge is 0.204 e. The van der Waals surface area contributed by atoms with Gasteiger partial charge in [-0.2, -0.15) is 0 Å². The van der Waals surface area contributed by atoms with Gasteiger partial charge < -0.3 is 0 Å². The first-order valence-corrected chi connectivity index (χ1v) is 4.78. The van der Waals surface area contributed by atoms with Crippen LogP contribution in [0.25, 0.3) is 0 Å². The molecule has 0 aliphatic carbocycles. The van der Waals surface area contributed by atoms with Gasteiger partial charge in [0.2, 0.25) is 4.34 Å². The molecule has 0 fully saturated rings. The van der Waals surface area contributed by atoms with E-state index in [1.807, 2.05) is 13.8 Å². The summed E-state index contributed by atoms with van der Waals surface area (Å²) in [6, 6.07) is 0. The number of rotatable bonds is 4. The van der Waals surface area contributed by atoms with Crippen molar-refractivity contribution < 1.29 is 14.6 Å². The zero-order valence-corrected chi connectivity index (χ0v) is 8.18. The van der Waals surface area contributed by atoms with Gasteiger partial charge in [-0.3, -0.25) is 0 Å². The summed E-state index contributed by atoms with van der Waals surface area (Å²) in [6.07, 6.45) is 0. The van der Waals surface area contributed by atoms with Crippen molar-refractivity contribution in [2.75, 3.05) is 0 Å². The maximum Gasteiger partial charge on any atom is 0.204 e. The van der Waals surface area contributed by atoms with E-state index in [-0.39, 0.29) is 0 Å². The average molecular weight is 208 g/mol. The van der Waals surface area contributed by atoms with Gasteiger partial charge in [-0.25, -0.2) is 5.26 Å². The van der Waals surface area contributed by atoms with Crippen molar-refractivity contribution in [2.24, 2.45) is 0 Å². The van der Waals surface area contributed by atoms with E-state index in [4.69, 9.17) is 5.26 Å². The van der Waals surface area contributed by atoms with Crippen molar-refractivity contribution in [3.05, 3.63) is 5.01 Å². The molecule has 5 nitrogen and oxygen atoms in total. The van der Waals surface area contributed by atoms with Crippen molar-refractivity contribution >= 4 is 23.4 Å². The Morgan fingerprint density at radius 1 is 1.50 bits per heavy atom. The molecule has 0 saturated heterocycles. The fourth-order valence-electron chi connectivity index (χ4n) is 0.532. The molecule has 7 heteroatoms. The second-order valence-corrected chi connectivity index (χ2v) is 4.24. The van der Waals surface area contributed by atoms with E-state index in [9.17, 15) is 0 Å². The average Bonchev–Trinajstić information content (AvgIpc) is 2.48. The fraction of sp³-hybridized carbons (Fsp3) is 0.600. The molecule has 1 rings (SSSR count). The summed E-state index contributed by atoms with van der Waals surface area (Å²) < 4.78 is 4.80. The summed E-state index contributed by atoms with van der Waals surface area (Å²) in [4.78, 5) is 0. The molecule has 12 heavy (non-hydrogen) atoms. The lowest BCUT2D eigenvalue weighted by Crippen LogP contribution is -1.83. The number of aromatic nitrogens is 2. The monoisotopic (exact) mass is 208 g/mol. The van der Waals surface area contributed by atoms with Gasteiger partial charge in [-0.05, 0) is 0 Å². The third-order valence-corrected chi connectivity index (χ3v) is 2.88. The topological polar surface area (TPSA) is 64.5 Å². The molecule has 1 aromatic heterocycles. The van der Waals surface area contributed by atoms with Gasteiger partial charge in [-0.1, -0.05) is 30.2 Å². The summed E-state index contributed by atoms with van der Waals surface area (Å²) in [7, 11) is 0. The molecule has 0 aromatic carbocycles. The highest BCUT2D eigenvalue weighted by atomic mass is 32.2. The molecule has 0 spiro atoms. The molecule has 1 N–H and O–H groups in total. The highest BCUT2D eigenvalue weighted by Gasteiger charge is 2.08. The zero-order valence-electron chi connectivity index (χ0n) is 6.55. The highest BCUT2D eigenvalue weighted by Crippen LogP contribution is 2.26. The quantitative estimate of drug-likeness (QED) is 0.464. The van der Waals surface area contributed by atoms with Gasteiger partial charge in [-0.15, -0.1) is 14.5 Å². The molecule has 0 amide bonds. The van der Waals surface area contributed by atoms with Gasteiger partial charge in [0.05, 0.1) is 0 Å². The van der Waals surface area contributed by atoms with E-state index >= 15 is 0 Å². The Labute approximate surface area is 77.8 Å². The fourth-order valence-corrected chi connectivity index (χ4v) is 1.75. The molecule has 68 valence electrons. The Kier molecular flexibility index (Phi) is 3.89. The van der Waals surface area contributed by atoms with E-state index in [0.29, 0.717) is 10.3 Å². The van der Waals surface area contributed by atoms with Gasteiger partial charge in [0.1, 0.15) is 17.1 Å². The predicted octanol–water partition coefficient (Wildman–Crippen LogP) is 2.09. The van der Waals surface area contributed by atoms with Crippen LogP contribution >= 0.6 is 23.4 Å². The molecular formula is C5H8N2O3S2. The van der Waals surface area contributed by atoms with E-state index < -0.39 is 0 Å². The lowest BCUT2D eigenvalue weighted by molar-refractivity contribution is -0.432. The van der Waals surface area contributed by atoms with Crippen molar-refractivity contribution in [3.8, 4) is 0 Å². The van der Waals surface area contributed by atoms with Gasteiger partial charge in [0, 0.05) is 5.92 Å². The number of hydrogen-bond acceptors (Lipinski definition) is 7. The van der Waals surface area contributed by atoms with E-state index in [1.54, 1.807) is 0 Å². The lowest BCUT2D eigenvalue weighted by atomic mass is 10.2. The summed E-state index contributed by atoms with van der Waals surface area (Å²) in [5.74, 6) is 0.354. The Balaban J connectivity index is 2.52. The Hall–Kier alpha value is -0.210. The van der Waals surface area contributed by atoms with Gasteiger partial charge in [0.15, 0.2) is 0 Å². The van der Waals surface area contributed by atoms with Crippen LogP contribution in [0.4, 0.5) is 0 Å². The first kappa shape index (κ1) is 9.87. The van der Waals surface area contributed by atoms with Crippen molar-refractivity contribution in [1.29, 1.82) is 0 Å². The molecule has 1 heterocycles. The normalized spacial score (nSPS) is 11.0. The summed E-state index contributed by atoms with van der Waals surface area (Å²) in [5.41, 5.74) is 0. The van der Waals surface area contributed by atoms with Crippen molar-refractivity contribution in [1.82, 2.24) is 10.2 Å². The minimum Gasteiger partial charge on any atom is -0.220 e. The molecule has 0 saturated carbocycles. The minimum atomic E-state index is 0.354. The second kappa shape index (κ2) is 4.73. The van der Waals surface area contributed by atoms with Crippen LogP contribution in [-0.4, -0.2) is 15.5 Å². The van der Waals surface area contributed by atoms with Crippen LogP contribution < -0.4 is 0 Å². The largest absolute Gasteiger partial charge is 0.220 e. The minimum absolute atomic E-state index is 0.354. The number of hydrogen-bond donors (Lipinski definition) is 1. The standard InChI is InChI=1S/C5H8N2O3S2/c1-3(2)4-6-7-5(11-4)12-10-9-8/h3,8H,1-2H3. The molecule has 0 radical (unpaired) electrons.